The number of nitrogens with zero attached hydrogens (tertiary/aromatic N) is 2. The minimum Gasteiger partial charge on any atom is -0.497 e. The van der Waals surface area contributed by atoms with Gasteiger partial charge in [-0.05, 0) is 35.9 Å². The van der Waals surface area contributed by atoms with Crippen LogP contribution in [0.25, 0.3) is 0 Å². The first-order valence-corrected chi connectivity index (χ1v) is 8.32. The number of amides is 1. The van der Waals surface area contributed by atoms with Crippen LogP contribution in [0.15, 0.2) is 61.1 Å². The van der Waals surface area contributed by atoms with Crippen LogP contribution in [0.5, 0.6) is 11.5 Å². The Labute approximate surface area is 157 Å². The van der Waals surface area contributed by atoms with E-state index in [9.17, 15) is 4.79 Å². The van der Waals surface area contributed by atoms with Crippen LogP contribution in [0.4, 0.5) is 11.4 Å². The summed E-state index contributed by atoms with van der Waals surface area (Å²) in [5, 5.41) is 6.03. The van der Waals surface area contributed by atoms with Crippen molar-refractivity contribution in [2.75, 3.05) is 19.5 Å². The topological polar surface area (TPSA) is 85.4 Å². The molecule has 3 rings (SSSR count). The van der Waals surface area contributed by atoms with Gasteiger partial charge >= 0.3 is 0 Å². The molecule has 0 saturated carbocycles. The standard InChI is InChI=1S/C20H20N4O3/c1-26-16-6-8-19(27-2)18(10-16)24-15-5-7-17(22-13-15)20(25)23-12-14-4-3-9-21-11-14/h3-11,13,24H,12H2,1-2H3,(H,23,25). The third kappa shape index (κ3) is 4.72. The van der Waals surface area contributed by atoms with Gasteiger partial charge in [-0.25, -0.2) is 4.98 Å². The number of benzene rings is 1. The van der Waals surface area contributed by atoms with E-state index in [4.69, 9.17) is 9.47 Å². The van der Waals surface area contributed by atoms with Crippen LogP contribution >= 0.6 is 0 Å². The Balaban J connectivity index is 1.66. The van der Waals surface area contributed by atoms with Crippen molar-refractivity contribution in [1.82, 2.24) is 15.3 Å². The highest BCUT2D eigenvalue weighted by Gasteiger charge is 2.09. The molecule has 3 aromatic rings. The number of aromatic nitrogens is 2. The van der Waals surface area contributed by atoms with Gasteiger partial charge < -0.3 is 20.1 Å². The van der Waals surface area contributed by atoms with Crippen molar-refractivity contribution in [3.8, 4) is 11.5 Å². The van der Waals surface area contributed by atoms with Gasteiger partial charge in [-0.1, -0.05) is 6.07 Å². The Morgan fingerprint density at radius 2 is 1.96 bits per heavy atom. The number of methoxy groups -OCH3 is 2. The first-order chi connectivity index (χ1) is 13.2. The maximum absolute atomic E-state index is 12.2. The molecule has 1 amide bonds. The highest BCUT2D eigenvalue weighted by atomic mass is 16.5. The van der Waals surface area contributed by atoms with Crippen molar-refractivity contribution in [1.29, 1.82) is 0 Å². The average Bonchev–Trinajstić information content (AvgIpc) is 2.73. The van der Waals surface area contributed by atoms with Crippen LogP contribution < -0.4 is 20.1 Å². The number of hydrogen-bond acceptors (Lipinski definition) is 6. The van der Waals surface area contributed by atoms with Crippen molar-refractivity contribution >= 4 is 17.3 Å². The molecule has 2 heterocycles. The van der Waals surface area contributed by atoms with E-state index >= 15 is 0 Å². The van der Waals surface area contributed by atoms with Gasteiger partial charge in [-0.15, -0.1) is 0 Å². The summed E-state index contributed by atoms with van der Waals surface area (Å²) in [6.45, 7) is 0.398. The van der Waals surface area contributed by atoms with Gasteiger partial charge in [-0.2, -0.15) is 0 Å². The van der Waals surface area contributed by atoms with E-state index in [-0.39, 0.29) is 5.91 Å². The smallest absolute Gasteiger partial charge is 0.270 e. The zero-order valence-corrected chi connectivity index (χ0v) is 15.1. The largest absolute Gasteiger partial charge is 0.497 e. The van der Waals surface area contributed by atoms with E-state index in [0.717, 1.165) is 16.9 Å². The van der Waals surface area contributed by atoms with E-state index in [2.05, 4.69) is 20.6 Å². The first kappa shape index (κ1) is 18.2. The molecule has 0 saturated heterocycles. The van der Waals surface area contributed by atoms with Gasteiger partial charge in [-0.3, -0.25) is 9.78 Å². The third-order valence-corrected chi connectivity index (χ3v) is 3.86. The molecule has 0 spiro atoms. The average molecular weight is 364 g/mol. The number of nitrogens with one attached hydrogen (secondary N) is 2. The molecule has 0 fully saturated rings. The lowest BCUT2D eigenvalue weighted by molar-refractivity contribution is 0.0946. The van der Waals surface area contributed by atoms with Crippen molar-refractivity contribution in [3.63, 3.8) is 0 Å². The normalized spacial score (nSPS) is 10.1. The second-order valence-corrected chi connectivity index (χ2v) is 5.67. The molecule has 2 aromatic heterocycles. The van der Waals surface area contributed by atoms with Crippen LogP contribution in [0.3, 0.4) is 0 Å². The van der Waals surface area contributed by atoms with E-state index in [0.29, 0.717) is 23.7 Å². The molecule has 0 aliphatic carbocycles. The zero-order valence-electron chi connectivity index (χ0n) is 15.1. The molecular formula is C20H20N4O3. The number of ether oxygens (including phenoxy) is 2. The fraction of sp³-hybridized carbons (Fsp3) is 0.150. The number of rotatable bonds is 7. The summed E-state index contributed by atoms with van der Waals surface area (Å²) in [5.74, 6) is 1.14. The Morgan fingerprint density at radius 3 is 2.63 bits per heavy atom. The van der Waals surface area contributed by atoms with Crippen LogP contribution in [0, 0.1) is 0 Å². The van der Waals surface area contributed by atoms with Gasteiger partial charge in [0, 0.05) is 25.0 Å². The third-order valence-electron chi connectivity index (χ3n) is 3.86. The van der Waals surface area contributed by atoms with Crippen molar-refractivity contribution < 1.29 is 14.3 Å². The van der Waals surface area contributed by atoms with Gasteiger partial charge in [0.25, 0.3) is 5.91 Å². The van der Waals surface area contributed by atoms with Gasteiger partial charge in [0.1, 0.15) is 17.2 Å². The van der Waals surface area contributed by atoms with Gasteiger partial charge in [0.05, 0.1) is 31.8 Å². The number of hydrogen-bond donors (Lipinski definition) is 2. The molecule has 1 aromatic carbocycles. The van der Waals surface area contributed by atoms with Crippen LogP contribution in [-0.4, -0.2) is 30.1 Å². The predicted molar refractivity (Wildman–Crippen MR) is 102 cm³/mol. The molecular weight excluding hydrogens is 344 g/mol. The summed E-state index contributed by atoms with van der Waals surface area (Å²) in [6, 6.07) is 12.6. The highest BCUT2D eigenvalue weighted by Crippen LogP contribution is 2.31. The summed E-state index contributed by atoms with van der Waals surface area (Å²) in [6.07, 6.45) is 5.00. The van der Waals surface area contributed by atoms with E-state index in [1.54, 1.807) is 44.9 Å². The van der Waals surface area contributed by atoms with Crippen molar-refractivity contribution in [2.24, 2.45) is 0 Å². The fourth-order valence-corrected chi connectivity index (χ4v) is 2.44. The molecule has 0 atom stereocenters. The minimum absolute atomic E-state index is 0.246. The Morgan fingerprint density at radius 1 is 1.07 bits per heavy atom. The number of carbonyl (C=O) groups is 1. The highest BCUT2D eigenvalue weighted by molar-refractivity contribution is 5.92. The monoisotopic (exact) mass is 364 g/mol. The van der Waals surface area contributed by atoms with Gasteiger partial charge in [0.15, 0.2) is 0 Å². The summed E-state index contributed by atoms with van der Waals surface area (Å²) in [7, 11) is 3.20. The molecule has 0 radical (unpaired) electrons. The fourth-order valence-electron chi connectivity index (χ4n) is 2.44. The molecule has 7 nitrogen and oxygen atoms in total. The number of carbonyl (C=O) groups excluding carboxylic acids is 1. The Hall–Kier alpha value is -3.61. The lowest BCUT2D eigenvalue weighted by atomic mass is 10.2. The summed E-state index contributed by atoms with van der Waals surface area (Å²) < 4.78 is 10.6. The predicted octanol–water partition coefficient (Wildman–Crippen LogP) is 3.17. The molecule has 7 heteroatoms. The molecule has 0 bridgehead atoms. The Bertz CT molecular complexity index is 899. The van der Waals surface area contributed by atoms with Crippen molar-refractivity contribution in [3.05, 3.63) is 72.3 Å². The molecule has 0 aliphatic heterocycles. The maximum Gasteiger partial charge on any atom is 0.270 e. The Kier molecular flexibility index (Phi) is 5.84. The lowest BCUT2D eigenvalue weighted by Crippen LogP contribution is -2.23. The summed E-state index contributed by atoms with van der Waals surface area (Å²) in [4.78, 5) is 20.5. The number of anilines is 2. The van der Waals surface area contributed by atoms with Crippen LogP contribution in [-0.2, 0) is 6.54 Å². The van der Waals surface area contributed by atoms with Crippen molar-refractivity contribution in [2.45, 2.75) is 6.54 Å². The first-order valence-electron chi connectivity index (χ1n) is 8.32. The molecule has 0 unspecified atom stereocenters. The van der Waals surface area contributed by atoms with E-state index < -0.39 is 0 Å². The van der Waals surface area contributed by atoms with E-state index in [1.807, 2.05) is 30.3 Å². The molecule has 2 N–H and O–H groups in total. The lowest BCUT2D eigenvalue weighted by Gasteiger charge is -2.12. The van der Waals surface area contributed by atoms with Crippen LogP contribution in [0.1, 0.15) is 16.1 Å². The molecule has 27 heavy (non-hydrogen) atoms. The molecule has 138 valence electrons. The minimum atomic E-state index is -0.246. The summed E-state index contributed by atoms with van der Waals surface area (Å²) in [5.41, 5.74) is 2.73. The van der Waals surface area contributed by atoms with Gasteiger partial charge in [0.2, 0.25) is 0 Å². The SMILES string of the molecule is COc1ccc(OC)c(Nc2ccc(C(=O)NCc3cccnc3)nc2)c1. The summed E-state index contributed by atoms with van der Waals surface area (Å²) >= 11 is 0. The quantitative estimate of drug-likeness (QED) is 0.670. The second kappa shape index (κ2) is 8.66. The second-order valence-electron chi connectivity index (χ2n) is 5.67. The van der Waals surface area contributed by atoms with E-state index in [1.165, 1.54) is 0 Å². The van der Waals surface area contributed by atoms with Crippen LogP contribution in [0.2, 0.25) is 0 Å². The molecule has 0 aliphatic rings. The zero-order chi connectivity index (χ0) is 19.1. The maximum atomic E-state index is 12.2. The number of pyridine rings is 2.